The van der Waals surface area contributed by atoms with Gasteiger partial charge in [-0.1, -0.05) is 0 Å². The van der Waals surface area contributed by atoms with Crippen LogP contribution in [0.15, 0.2) is 12.5 Å². The van der Waals surface area contributed by atoms with Crippen molar-refractivity contribution < 1.29 is 4.74 Å². The molecule has 14 heavy (non-hydrogen) atoms. The summed E-state index contributed by atoms with van der Waals surface area (Å²) in [5.41, 5.74) is 6.08. The topological polar surface area (TPSA) is 83.8 Å². The van der Waals surface area contributed by atoms with Crippen molar-refractivity contribution in [3.63, 3.8) is 0 Å². The summed E-state index contributed by atoms with van der Waals surface area (Å²) in [6.45, 7) is 0. The van der Waals surface area contributed by atoms with Crippen LogP contribution in [0.5, 0.6) is 11.9 Å². The quantitative estimate of drug-likeness (QED) is 0.723. The molecule has 0 aliphatic heterocycles. The van der Waals surface area contributed by atoms with Gasteiger partial charge in [-0.05, 0) is 0 Å². The maximum absolute atomic E-state index is 5.63. The summed E-state index contributed by atoms with van der Waals surface area (Å²) < 4.78 is 8.35. The van der Waals surface area contributed by atoms with Crippen LogP contribution in [0.1, 0.15) is 0 Å². The average Bonchev–Trinajstić information content (AvgIpc) is 2.61. The van der Waals surface area contributed by atoms with E-state index in [-0.39, 0.29) is 6.01 Å². The minimum absolute atomic E-state index is 0.234. The molecule has 0 spiro atoms. The van der Waals surface area contributed by atoms with Crippen LogP contribution in [0, 0.1) is 0 Å². The van der Waals surface area contributed by atoms with E-state index < -0.39 is 0 Å². The first-order valence-corrected chi connectivity index (χ1v) is 3.98. The largest absolute Gasteiger partial charge is 0.400 e. The van der Waals surface area contributed by atoms with Crippen molar-refractivity contribution >= 4 is 5.69 Å². The molecule has 0 fully saturated rings. The molecule has 0 unspecified atom stereocenters. The zero-order valence-electron chi connectivity index (χ0n) is 7.88. The number of aryl methyl sites for hydroxylation is 2. The Labute approximate surface area is 80.1 Å². The molecule has 0 saturated heterocycles. The van der Waals surface area contributed by atoms with Gasteiger partial charge in [-0.15, -0.1) is 10.2 Å². The number of hydrogen-bond donors (Lipinski definition) is 1. The first kappa shape index (κ1) is 8.54. The SMILES string of the molecule is Cn1cnc(Oc2nn(C)cc2N)n1. The lowest BCUT2D eigenvalue weighted by Crippen LogP contribution is -1.93. The van der Waals surface area contributed by atoms with Gasteiger partial charge < -0.3 is 10.5 Å². The van der Waals surface area contributed by atoms with E-state index in [0.29, 0.717) is 11.6 Å². The van der Waals surface area contributed by atoms with E-state index in [1.807, 2.05) is 0 Å². The lowest BCUT2D eigenvalue weighted by Gasteiger charge is -1.95. The maximum atomic E-state index is 5.63. The Kier molecular flexibility index (Phi) is 1.84. The number of hydrogen-bond acceptors (Lipinski definition) is 5. The lowest BCUT2D eigenvalue weighted by atomic mass is 10.6. The van der Waals surface area contributed by atoms with E-state index in [4.69, 9.17) is 10.5 Å². The highest BCUT2D eigenvalue weighted by Crippen LogP contribution is 2.21. The Morgan fingerprint density at radius 3 is 2.57 bits per heavy atom. The van der Waals surface area contributed by atoms with Crippen LogP contribution in [0.2, 0.25) is 0 Å². The normalized spacial score (nSPS) is 10.4. The van der Waals surface area contributed by atoms with Gasteiger partial charge in [-0.2, -0.15) is 4.98 Å². The first-order chi connectivity index (χ1) is 6.65. The van der Waals surface area contributed by atoms with Crippen molar-refractivity contribution in [2.75, 3.05) is 5.73 Å². The molecule has 2 N–H and O–H groups in total. The average molecular weight is 194 g/mol. The van der Waals surface area contributed by atoms with Crippen LogP contribution in [-0.4, -0.2) is 24.5 Å². The Balaban J connectivity index is 2.22. The Bertz CT molecular complexity index is 445. The summed E-state index contributed by atoms with van der Waals surface area (Å²) >= 11 is 0. The molecule has 0 radical (unpaired) electrons. The molecule has 0 aromatic carbocycles. The summed E-state index contributed by atoms with van der Waals surface area (Å²) in [5, 5.41) is 7.93. The summed E-state index contributed by atoms with van der Waals surface area (Å²) in [4.78, 5) is 3.89. The summed E-state index contributed by atoms with van der Waals surface area (Å²) in [6.07, 6.45) is 3.19. The van der Waals surface area contributed by atoms with E-state index in [1.54, 1.807) is 25.0 Å². The minimum atomic E-state index is 0.234. The van der Waals surface area contributed by atoms with Crippen LogP contribution >= 0.6 is 0 Å². The van der Waals surface area contributed by atoms with Gasteiger partial charge >= 0.3 is 6.01 Å². The van der Waals surface area contributed by atoms with Gasteiger partial charge in [0.05, 0.1) is 6.20 Å². The molecule has 0 amide bonds. The molecule has 0 bridgehead atoms. The third kappa shape index (κ3) is 1.51. The van der Waals surface area contributed by atoms with Crippen LogP contribution in [-0.2, 0) is 14.1 Å². The molecule has 2 aromatic heterocycles. The lowest BCUT2D eigenvalue weighted by molar-refractivity contribution is 0.418. The summed E-state index contributed by atoms with van der Waals surface area (Å²) in [7, 11) is 3.51. The summed E-state index contributed by atoms with van der Waals surface area (Å²) in [6, 6.07) is 0.234. The number of nitrogen functional groups attached to an aromatic ring is 1. The molecule has 7 heteroatoms. The van der Waals surface area contributed by atoms with Crippen LogP contribution in [0.3, 0.4) is 0 Å². The van der Waals surface area contributed by atoms with E-state index in [2.05, 4.69) is 15.2 Å². The molecule has 74 valence electrons. The molecule has 0 aliphatic carbocycles. The van der Waals surface area contributed by atoms with Crippen molar-refractivity contribution in [3.8, 4) is 11.9 Å². The third-order valence-corrected chi connectivity index (χ3v) is 1.59. The van der Waals surface area contributed by atoms with E-state index in [0.717, 1.165) is 0 Å². The molecule has 2 aromatic rings. The van der Waals surface area contributed by atoms with Gasteiger partial charge in [0, 0.05) is 14.1 Å². The smallest absolute Gasteiger partial charge is 0.342 e. The number of nitrogens with zero attached hydrogens (tertiary/aromatic N) is 5. The molecular weight excluding hydrogens is 184 g/mol. The fourth-order valence-electron chi connectivity index (χ4n) is 1.02. The third-order valence-electron chi connectivity index (χ3n) is 1.59. The second-order valence-corrected chi connectivity index (χ2v) is 2.87. The van der Waals surface area contributed by atoms with Crippen molar-refractivity contribution in [2.24, 2.45) is 14.1 Å². The predicted molar refractivity (Wildman–Crippen MR) is 48.7 cm³/mol. The number of nitrogens with two attached hydrogens (primary N) is 1. The number of ether oxygens (including phenoxy) is 1. The Morgan fingerprint density at radius 2 is 2.07 bits per heavy atom. The van der Waals surface area contributed by atoms with Crippen LogP contribution in [0.25, 0.3) is 0 Å². The van der Waals surface area contributed by atoms with Crippen molar-refractivity contribution in [3.05, 3.63) is 12.5 Å². The van der Waals surface area contributed by atoms with Crippen molar-refractivity contribution in [1.82, 2.24) is 24.5 Å². The second-order valence-electron chi connectivity index (χ2n) is 2.87. The highest BCUT2D eigenvalue weighted by molar-refractivity contribution is 5.46. The molecule has 7 nitrogen and oxygen atoms in total. The molecule has 2 heterocycles. The second kappa shape index (κ2) is 3.02. The van der Waals surface area contributed by atoms with Gasteiger partial charge in [0.2, 0.25) is 0 Å². The van der Waals surface area contributed by atoms with E-state index >= 15 is 0 Å². The van der Waals surface area contributed by atoms with Gasteiger partial charge in [0.1, 0.15) is 12.0 Å². The number of anilines is 1. The molecule has 0 atom stereocenters. The number of rotatable bonds is 2. The molecular formula is C7H10N6O. The maximum Gasteiger partial charge on any atom is 0.342 e. The molecule has 0 aliphatic rings. The zero-order chi connectivity index (χ0) is 10.1. The Morgan fingerprint density at radius 1 is 1.29 bits per heavy atom. The predicted octanol–water partition coefficient (Wildman–Crippen LogP) is -0.0769. The molecule has 0 saturated carbocycles. The van der Waals surface area contributed by atoms with Crippen molar-refractivity contribution in [2.45, 2.75) is 0 Å². The van der Waals surface area contributed by atoms with Crippen LogP contribution in [0.4, 0.5) is 5.69 Å². The van der Waals surface area contributed by atoms with E-state index in [1.165, 1.54) is 11.0 Å². The monoisotopic (exact) mass is 194 g/mol. The Hall–Kier alpha value is -2.05. The minimum Gasteiger partial charge on any atom is -0.400 e. The van der Waals surface area contributed by atoms with Gasteiger partial charge in [0.25, 0.3) is 5.88 Å². The standard InChI is InChI=1S/C7H10N6O/c1-12-3-5(8)6(10-12)14-7-9-4-13(2)11-7/h3-4H,8H2,1-2H3. The van der Waals surface area contributed by atoms with E-state index in [9.17, 15) is 0 Å². The first-order valence-electron chi connectivity index (χ1n) is 3.98. The summed E-state index contributed by atoms with van der Waals surface area (Å²) in [5.74, 6) is 0.318. The van der Waals surface area contributed by atoms with Gasteiger partial charge in [-0.3, -0.25) is 9.36 Å². The molecule has 2 rings (SSSR count). The van der Waals surface area contributed by atoms with Crippen LogP contribution < -0.4 is 10.5 Å². The highest BCUT2D eigenvalue weighted by Gasteiger charge is 2.08. The number of aromatic nitrogens is 5. The fraction of sp³-hybridized carbons (Fsp3) is 0.286. The van der Waals surface area contributed by atoms with Gasteiger partial charge in [-0.25, -0.2) is 0 Å². The van der Waals surface area contributed by atoms with Gasteiger partial charge in [0.15, 0.2) is 0 Å². The highest BCUT2D eigenvalue weighted by atomic mass is 16.5. The fourth-order valence-corrected chi connectivity index (χ4v) is 1.02. The zero-order valence-corrected chi connectivity index (χ0v) is 7.88. The van der Waals surface area contributed by atoms with Crippen molar-refractivity contribution in [1.29, 1.82) is 0 Å².